The molecule has 3 rings (SSSR count). The second kappa shape index (κ2) is 8.25. The van der Waals surface area contributed by atoms with Crippen LogP contribution >= 0.6 is 0 Å². The van der Waals surface area contributed by atoms with Gasteiger partial charge in [-0.25, -0.2) is 0 Å². The summed E-state index contributed by atoms with van der Waals surface area (Å²) in [5.74, 6) is 0.829. The molecular formula is C20H28N4O2. The summed E-state index contributed by atoms with van der Waals surface area (Å²) in [4.78, 5) is 21.6. The molecule has 0 spiro atoms. The monoisotopic (exact) mass is 356 g/mol. The first-order valence-electron chi connectivity index (χ1n) is 9.22. The van der Waals surface area contributed by atoms with E-state index in [0.29, 0.717) is 0 Å². The van der Waals surface area contributed by atoms with E-state index in [2.05, 4.69) is 51.5 Å². The number of hydrogen-bond donors (Lipinski definition) is 2. The van der Waals surface area contributed by atoms with Crippen LogP contribution in [0.15, 0.2) is 29.4 Å². The molecule has 1 aliphatic rings. The van der Waals surface area contributed by atoms with Crippen molar-refractivity contribution < 1.29 is 9.53 Å². The lowest BCUT2D eigenvalue weighted by Gasteiger charge is -2.33. The van der Waals surface area contributed by atoms with Gasteiger partial charge in [0.1, 0.15) is 0 Å². The maximum Gasteiger partial charge on any atom is 0.308 e. The molecule has 140 valence electrons. The number of piperidine rings is 1. The summed E-state index contributed by atoms with van der Waals surface area (Å²) >= 11 is 0. The van der Waals surface area contributed by atoms with Crippen molar-refractivity contribution in [1.82, 2.24) is 15.2 Å². The average molecular weight is 356 g/mol. The molecule has 6 heteroatoms. The number of fused-ring (bicyclic) bond motifs is 1. The quantitative estimate of drug-likeness (QED) is 0.502. The first-order chi connectivity index (χ1) is 12.6. The Morgan fingerprint density at radius 2 is 2.15 bits per heavy atom. The van der Waals surface area contributed by atoms with E-state index in [0.717, 1.165) is 44.9 Å². The minimum absolute atomic E-state index is 0.0176. The number of aromatic amines is 1. The molecule has 2 N–H and O–H groups in total. The maximum atomic E-state index is 11.7. The van der Waals surface area contributed by atoms with Crippen molar-refractivity contribution in [2.45, 2.75) is 26.2 Å². The van der Waals surface area contributed by atoms with Crippen molar-refractivity contribution in [1.29, 1.82) is 0 Å². The number of nitrogens with zero attached hydrogens (tertiary/aromatic N) is 2. The molecule has 6 nitrogen and oxygen atoms in total. The van der Waals surface area contributed by atoms with Crippen LogP contribution in [0.3, 0.4) is 0 Å². The number of benzene rings is 1. The van der Waals surface area contributed by atoms with Crippen LogP contribution < -0.4 is 5.32 Å². The zero-order chi connectivity index (χ0) is 18.5. The van der Waals surface area contributed by atoms with Gasteiger partial charge in [0.2, 0.25) is 0 Å². The van der Waals surface area contributed by atoms with Gasteiger partial charge in [-0.05, 0) is 43.4 Å². The minimum Gasteiger partial charge on any atom is -0.469 e. The molecule has 0 saturated carbocycles. The molecule has 1 aromatic carbocycles. The van der Waals surface area contributed by atoms with Crippen molar-refractivity contribution in [2.75, 3.05) is 33.8 Å². The first-order valence-corrected chi connectivity index (χ1v) is 9.22. The number of esters is 1. The third kappa shape index (κ3) is 4.00. The zero-order valence-corrected chi connectivity index (χ0v) is 15.8. The highest BCUT2D eigenvalue weighted by molar-refractivity contribution is 5.84. The lowest BCUT2D eigenvalue weighted by Crippen LogP contribution is -2.47. The van der Waals surface area contributed by atoms with Crippen LogP contribution in [-0.2, 0) is 16.0 Å². The highest BCUT2D eigenvalue weighted by atomic mass is 16.5. The van der Waals surface area contributed by atoms with E-state index in [1.165, 1.54) is 29.1 Å². The summed E-state index contributed by atoms with van der Waals surface area (Å²) in [6.07, 6.45) is 4.65. The van der Waals surface area contributed by atoms with Gasteiger partial charge in [0.15, 0.2) is 5.96 Å². The molecule has 0 aliphatic carbocycles. The van der Waals surface area contributed by atoms with Gasteiger partial charge in [0.05, 0.1) is 13.0 Å². The van der Waals surface area contributed by atoms with Crippen molar-refractivity contribution in [3.63, 3.8) is 0 Å². The van der Waals surface area contributed by atoms with Gasteiger partial charge < -0.3 is 19.9 Å². The Morgan fingerprint density at radius 1 is 1.38 bits per heavy atom. The summed E-state index contributed by atoms with van der Waals surface area (Å²) in [7, 11) is 3.27. The first kappa shape index (κ1) is 18.3. The molecule has 0 amide bonds. The number of aromatic nitrogens is 1. The molecule has 2 heterocycles. The maximum absolute atomic E-state index is 11.7. The molecule has 0 atom stereocenters. The van der Waals surface area contributed by atoms with Gasteiger partial charge in [-0.3, -0.25) is 9.79 Å². The van der Waals surface area contributed by atoms with Gasteiger partial charge in [-0.1, -0.05) is 12.1 Å². The van der Waals surface area contributed by atoms with E-state index in [1.807, 2.05) is 7.05 Å². The van der Waals surface area contributed by atoms with Crippen LogP contribution in [0.25, 0.3) is 10.9 Å². The predicted molar refractivity (Wildman–Crippen MR) is 104 cm³/mol. The van der Waals surface area contributed by atoms with E-state index >= 15 is 0 Å². The molecule has 1 aromatic heterocycles. The molecule has 1 aliphatic heterocycles. The number of ether oxygens (including phenoxy) is 1. The van der Waals surface area contributed by atoms with E-state index in [9.17, 15) is 4.79 Å². The van der Waals surface area contributed by atoms with Crippen LogP contribution in [0.4, 0.5) is 0 Å². The number of carbonyl (C=O) groups is 1. The van der Waals surface area contributed by atoms with Gasteiger partial charge in [0, 0.05) is 43.8 Å². The summed E-state index contributed by atoms with van der Waals surface area (Å²) in [6, 6.07) is 6.51. The molecule has 0 bridgehead atoms. The topological polar surface area (TPSA) is 69.7 Å². The number of hydrogen-bond acceptors (Lipinski definition) is 3. The molecule has 26 heavy (non-hydrogen) atoms. The van der Waals surface area contributed by atoms with Crippen molar-refractivity contribution in [3.05, 3.63) is 35.5 Å². The van der Waals surface area contributed by atoms with E-state index in [1.54, 1.807) is 0 Å². The Bertz CT molecular complexity index is 788. The SMILES string of the molecule is CN=C(NCCc1c[nH]c2cc(C)ccc12)N1CCC(C(=O)OC)CC1. The number of guanidine groups is 1. The smallest absolute Gasteiger partial charge is 0.308 e. The predicted octanol–water partition coefficient (Wildman–Crippen LogP) is 2.48. The van der Waals surface area contributed by atoms with Crippen LogP contribution in [0.5, 0.6) is 0 Å². The number of methoxy groups -OCH3 is 1. The number of rotatable bonds is 4. The summed E-state index contributed by atoms with van der Waals surface area (Å²) < 4.78 is 4.85. The summed E-state index contributed by atoms with van der Waals surface area (Å²) in [6.45, 7) is 4.58. The fraction of sp³-hybridized carbons (Fsp3) is 0.500. The van der Waals surface area contributed by atoms with Crippen molar-refractivity contribution in [3.8, 4) is 0 Å². The average Bonchev–Trinajstić information content (AvgIpc) is 3.06. The van der Waals surface area contributed by atoms with Gasteiger partial charge in [-0.15, -0.1) is 0 Å². The third-order valence-corrected chi connectivity index (χ3v) is 5.14. The summed E-state index contributed by atoms with van der Waals surface area (Å²) in [5.41, 5.74) is 3.77. The zero-order valence-electron chi connectivity index (χ0n) is 15.8. The fourth-order valence-electron chi connectivity index (χ4n) is 3.64. The third-order valence-electron chi connectivity index (χ3n) is 5.14. The van der Waals surface area contributed by atoms with Gasteiger partial charge in [0.25, 0.3) is 0 Å². The minimum atomic E-state index is -0.0952. The Balaban J connectivity index is 1.52. The number of aliphatic imine (C=N–C) groups is 1. The Labute approximate surface area is 154 Å². The second-order valence-electron chi connectivity index (χ2n) is 6.87. The van der Waals surface area contributed by atoms with E-state index < -0.39 is 0 Å². The van der Waals surface area contributed by atoms with E-state index in [4.69, 9.17) is 4.74 Å². The number of likely N-dealkylation sites (tertiary alicyclic amines) is 1. The number of nitrogens with one attached hydrogen (secondary N) is 2. The van der Waals surface area contributed by atoms with Crippen LogP contribution in [0.2, 0.25) is 0 Å². The largest absolute Gasteiger partial charge is 0.469 e. The van der Waals surface area contributed by atoms with Gasteiger partial charge in [-0.2, -0.15) is 0 Å². The van der Waals surface area contributed by atoms with Crippen LogP contribution in [0, 0.1) is 12.8 Å². The molecule has 0 unspecified atom stereocenters. The molecule has 1 saturated heterocycles. The van der Waals surface area contributed by atoms with Crippen molar-refractivity contribution >= 4 is 22.8 Å². The molecule has 1 fully saturated rings. The standard InChI is InChI=1S/C20H28N4O2/c1-14-4-5-17-16(13-23-18(17)12-14)6-9-22-20(21-2)24-10-7-15(8-11-24)19(25)26-3/h4-5,12-13,15,23H,6-11H2,1-3H3,(H,21,22). The summed E-state index contributed by atoms with van der Waals surface area (Å²) in [5, 5.41) is 4.74. The van der Waals surface area contributed by atoms with Gasteiger partial charge >= 0.3 is 5.97 Å². The van der Waals surface area contributed by atoms with E-state index in [-0.39, 0.29) is 11.9 Å². The normalized spacial score (nSPS) is 16.1. The highest BCUT2D eigenvalue weighted by Crippen LogP contribution is 2.20. The Morgan fingerprint density at radius 3 is 2.85 bits per heavy atom. The molecule has 0 radical (unpaired) electrons. The Hall–Kier alpha value is -2.50. The number of aryl methyl sites for hydroxylation is 1. The van der Waals surface area contributed by atoms with Crippen LogP contribution in [0.1, 0.15) is 24.0 Å². The number of carbonyl (C=O) groups excluding carboxylic acids is 1. The van der Waals surface area contributed by atoms with Crippen molar-refractivity contribution in [2.24, 2.45) is 10.9 Å². The second-order valence-corrected chi connectivity index (χ2v) is 6.87. The number of H-pyrrole nitrogens is 1. The highest BCUT2D eigenvalue weighted by Gasteiger charge is 2.26. The lowest BCUT2D eigenvalue weighted by molar-refractivity contribution is -0.146. The Kier molecular flexibility index (Phi) is 5.81. The van der Waals surface area contributed by atoms with Crippen LogP contribution in [-0.4, -0.2) is 55.6 Å². The lowest BCUT2D eigenvalue weighted by atomic mass is 9.97. The fourth-order valence-corrected chi connectivity index (χ4v) is 3.64. The molecule has 2 aromatic rings. The molecular weight excluding hydrogens is 328 g/mol.